The SMILES string of the molecule is C#CCCC(C)OCC. The zero-order chi connectivity index (χ0) is 7.11. The number of rotatable bonds is 4. The third-order valence-electron chi connectivity index (χ3n) is 1.15. The molecule has 0 aliphatic rings. The topological polar surface area (TPSA) is 9.23 Å². The summed E-state index contributed by atoms with van der Waals surface area (Å²) in [5.41, 5.74) is 0. The van der Waals surface area contributed by atoms with Gasteiger partial charge in [-0.05, 0) is 20.3 Å². The van der Waals surface area contributed by atoms with Gasteiger partial charge in [0, 0.05) is 13.0 Å². The molecule has 0 heterocycles. The minimum Gasteiger partial charge on any atom is -0.379 e. The second kappa shape index (κ2) is 5.65. The van der Waals surface area contributed by atoms with E-state index in [0.29, 0.717) is 6.10 Å². The monoisotopic (exact) mass is 126 g/mol. The standard InChI is InChI=1S/C8H14O/c1-4-6-7-8(3)9-5-2/h1,8H,5-7H2,2-3H3. The van der Waals surface area contributed by atoms with Crippen LogP contribution in [-0.2, 0) is 4.74 Å². The Morgan fingerprint density at radius 3 is 2.78 bits per heavy atom. The van der Waals surface area contributed by atoms with Crippen LogP contribution in [0.4, 0.5) is 0 Å². The van der Waals surface area contributed by atoms with Crippen LogP contribution in [0.5, 0.6) is 0 Å². The van der Waals surface area contributed by atoms with E-state index in [1.54, 1.807) is 0 Å². The molecule has 0 saturated carbocycles. The predicted octanol–water partition coefficient (Wildman–Crippen LogP) is 1.82. The molecule has 0 saturated heterocycles. The molecular formula is C8H14O. The maximum Gasteiger partial charge on any atom is 0.0555 e. The first-order chi connectivity index (χ1) is 4.31. The molecule has 1 heteroatoms. The number of hydrogen-bond acceptors (Lipinski definition) is 1. The van der Waals surface area contributed by atoms with Gasteiger partial charge in [0.1, 0.15) is 0 Å². The van der Waals surface area contributed by atoms with E-state index in [-0.39, 0.29) is 0 Å². The van der Waals surface area contributed by atoms with Crippen molar-refractivity contribution in [1.82, 2.24) is 0 Å². The third kappa shape index (κ3) is 5.39. The van der Waals surface area contributed by atoms with Crippen LogP contribution < -0.4 is 0 Å². The van der Waals surface area contributed by atoms with Crippen molar-refractivity contribution in [2.75, 3.05) is 6.61 Å². The van der Waals surface area contributed by atoms with E-state index in [1.807, 2.05) is 13.8 Å². The lowest BCUT2D eigenvalue weighted by atomic mass is 10.2. The first kappa shape index (κ1) is 8.52. The van der Waals surface area contributed by atoms with Crippen molar-refractivity contribution in [3.63, 3.8) is 0 Å². The molecule has 0 N–H and O–H groups in total. The summed E-state index contributed by atoms with van der Waals surface area (Å²) >= 11 is 0. The Hall–Kier alpha value is -0.480. The largest absolute Gasteiger partial charge is 0.379 e. The summed E-state index contributed by atoms with van der Waals surface area (Å²) in [7, 11) is 0. The van der Waals surface area contributed by atoms with E-state index in [1.165, 1.54) is 0 Å². The Balaban J connectivity index is 3.07. The summed E-state index contributed by atoms with van der Waals surface area (Å²) < 4.78 is 5.25. The molecule has 0 amide bonds. The lowest BCUT2D eigenvalue weighted by Gasteiger charge is -2.07. The maximum atomic E-state index is 5.25. The van der Waals surface area contributed by atoms with Gasteiger partial charge in [-0.15, -0.1) is 12.3 Å². The summed E-state index contributed by atoms with van der Waals surface area (Å²) in [5.74, 6) is 2.58. The van der Waals surface area contributed by atoms with E-state index in [4.69, 9.17) is 11.2 Å². The van der Waals surface area contributed by atoms with Gasteiger partial charge < -0.3 is 4.74 Å². The van der Waals surface area contributed by atoms with Crippen LogP contribution in [0.1, 0.15) is 26.7 Å². The minimum absolute atomic E-state index is 0.325. The highest BCUT2D eigenvalue weighted by molar-refractivity contribution is 4.83. The number of ether oxygens (including phenoxy) is 1. The van der Waals surface area contributed by atoms with Gasteiger partial charge >= 0.3 is 0 Å². The van der Waals surface area contributed by atoms with Crippen molar-refractivity contribution in [2.24, 2.45) is 0 Å². The van der Waals surface area contributed by atoms with Crippen LogP contribution in [0, 0.1) is 12.3 Å². The minimum atomic E-state index is 0.325. The summed E-state index contributed by atoms with van der Waals surface area (Å²) in [6, 6.07) is 0. The Morgan fingerprint density at radius 1 is 1.67 bits per heavy atom. The highest BCUT2D eigenvalue weighted by Crippen LogP contribution is 1.98. The maximum absolute atomic E-state index is 5.25. The van der Waals surface area contributed by atoms with Gasteiger partial charge in [0.15, 0.2) is 0 Å². The van der Waals surface area contributed by atoms with E-state index >= 15 is 0 Å². The second-order valence-corrected chi connectivity index (χ2v) is 2.01. The molecule has 0 aliphatic heterocycles. The fourth-order valence-corrected chi connectivity index (χ4v) is 0.654. The van der Waals surface area contributed by atoms with Crippen molar-refractivity contribution < 1.29 is 4.74 Å². The fraction of sp³-hybridized carbons (Fsp3) is 0.750. The van der Waals surface area contributed by atoms with E-state index in [2.05, 4.69) is 5.92 Å². The van der Waals surface area contributed by atoms with Crippen molar-refractivity contribution in [2.45, 2.75) is 32.8 Å². The first-order valence-corrected chi connectivity index (χ1v) is 3.36. The lowest BCUT2D eigenvalue weighted by Crippen LogP contribution is -2.06. The van der Waals surface area contributed by atoms with Crippen LogP contribution >= 0.6 is 0 Å². The molecule has 1 unspecified atom stereocenters. The van der Waals surface area contributed by atoms with Gasteiger partial charge in [0.05, 0.1) is 6.10 Å². The highest BCUT2D eigenvalue weighted by Gasteiger charge is 1.96. The van der Waals surface area contributed by atoms with Crippen LogP contribution in [0.3, 0.4) is 0 Å². The molecular weight excluding hydrogens is 112 g/mol. The summed E-state index contributed by atoms with van der Waals surface area (Å²) in [4.78, 5) is 0. The van der Waals surface area contributed by atoms with E-state index in [0.717, 1.165) is 19.4 Å². The van der Waals surface area contributed by atoms with Crippen LogP contribution in [0.15, 0.2) is 0 Å². The molecule has 0 bridgehead atoms. The molecule has 0 spiro atoms. The normalized spacial score (nSPS) is 12.6. The molecule has 0 aromatic heterocycles. The van der Waals surface area contributed by atoms with Crippen molar-refractivity contribution in [3.8, 4) is 12.3 Å². The van der Waals surface area contributed by atoms with Crippen LogP contribution in [-0.4, -0.2) is 12.7 Å². The highest BCUT2D eigenvalue weighted by atomic mass is 16.5. The second-order valence-electron chi connectivity index (χ2n) is 2.01. The van der Waals surface area contributed by atoms with Gasteiger partial charge in [-0.25, -0.2) is 0 Å². The van der Waals surface area contributed by atoms with Crippen LogP contribution in [0.25, 0.3) is 0 Å². The smallest absolute Gasteiger partial charge is 0.0555 e. The van der Waals surface area contributed by atoms with Gasteiger partial charge in [-0.2, -0.15) is 0 Å². The van der Waals surface area contributed by atoms with Crippen molar-refractivity contribution >= 4 is 0 Å². The molecule has 0 fully saturated rings. The zero-order valence-corrected chi connectivity index (χ0v) is 6.18. The Bertz CT molecular complexity index is 91.2. The van der Waals surface area contributed by atoms with E-state index in [9.17, 15) is 0 Å². The molecule has 52 valence electrons. The van der Waals surface area contributed by atoms with Crippen LogP contribution in [0.2, 0.25) is 0 Å². The molecule has 0 aromatic carbocycles. The first-order valence-electron chi connectivity index (χ1n) is 3.36. The van der Waals surface area contributed by atoms with Gasteiger partial charge in [-0.1, -0.05) is 0 Å². The average molecular weight is 126 g/mol. The molecule has 0 aliphatic carbocycles. The lowest BCUT2D eigenvalue weighted by molar-refractivity contribution is 0.0715. The average Bonchev–Trinajstić information content (AvgIpc) is 1.85. The third-order valence-corrected chi connectivity index (χ3v) is 1.15. The molecule has 9 heavy (non-hydrogen) atoms. The predicted molar refractivity (Wildman–Crippen MR) is 39.2 cm³/mol. The molecule has 1 nitrogen and oxygen atoms in total. The fourth-order valence-electron chi connectivity index (χ4n) is 0.654. The van der Waals surface area contributed by atoms with E-state index < -0.39 is 0 Å². The Labute approximate surface area is 57.4 Å². The zero-order valence-electron chi connectivity index (χ0n) is 6.18. The van der Waals surface area contributed by atoms with Gasteiger partial charge in [-0.3, -0.25) is 0 Å². The van der Waals surface area contributed by atoms with Crippen molar-refractivity contribution in [1.29, 1.82) is 0 Å². The number of hydrogen-bond donors (Lipinski definition) is 0. The molecule has 0 rings (SSSR count). The summed E-state index contributed by atoms with van der Waals surface area (Å²) in [6.07, 6.45) is 7.19. The quantitative estimate of drug-likeness (QED) is 0.522. The molecule has 1 atom stereocenters. The van der Waals surface area contributed by atoms with Crippen molar-refractivity contribution in [3.05, 3.63) is 0 Å². The summed E-state index contributed by atoms with van der Waals surface area (Å²) in [6.45, 7) is 4.82. The molecule has 0 aromatic rings. The van der Waals surface area contributed by atoms with Gasteiger partial charge in [0.25, 0.3) is 0 Å². The Kier molecular flexibility index (Phi) is 5.35. The number of terminal acetylenes is 1. The van der Waals surface area contributed by atoms with Gasteiger partial charge in [0.2, 0.25) is 0 Å². The summed E-state index contributed by atoms with van der Waals surface area (Å²) in [5, 5.41) is 0. The Morgan fingerprint density at radius 2 is 2.33 bits per heavy atom. The molecule has 0 radical (unpaired) electrons.